The van der Waals surface area contributed by atoms with Crippen LogP contribution in [0, 0.1) is 0 Å². The summed E-state index contributed by atoms with van der Waals surface area (Å²) in [6.45, 7) is 1.90. The minimum Gasteiger partial charge on any atom is -0.355 e. The Morgan fingerprint density at radius 1 is 1.43 bits per heavy atom. The van der Waals surface area contributed by atoms with Gasteiger partial charge in [-0.2, -0.15) is 0 Å². The predicted octanol–water partition coefficient (Wildman–Crippen LogP) is 2.08. The van der Waals surface area contributed by atoms with Crippen molar-refractivity contribution < 1.29 is 14.4 Å². The first kappa shape index (κ1) is 15.9. The molecule has 7 heteroatoms. The molecule has 1 aromatic carbocycles. The summed E-state index contributed by atoms with van der Waals surface area (Å²) >= 11 is 7.30. The summed E-state index contributed by atoms with van der Waals surface area (Å²) in [7, 11) is 1.54. The number of carbonyl (C=O) groups is 3. The molecule has 0 bridgehead atoms. The van der Waals surface area contributed by atoms with E-state index in [0.717, 1.165) is 11.8 Å². The highest BCUT2D eigenvalue weighted by atomic mass is 35.5. The van der Waals surface area contributed by atoms with E-state index in [2.05, 4.69) is 5.32 Å². The van der Waals surface area contributed by atoms with Gasteiger partial charge >= 0.3 is 0 Å². The molecule has 1 aliphatic heterocycles. The second-order valence-electron chi connectivity index (χ2n) is 4.69. The first-order valence-corrected chi connectivity index (χ1v) is 7.67. The molecule has 21 heavy (non-hydrogen) atoms. The number of carbonyl (C=O) groups excluding carboxylic acids is 3. The van der Waals surface area contributed by atoms with Gasteiger partial charge < -0.3 is 10.2 Å². The molecule has 2 rings (SSSR count). The molecule has 112 valence electrons. The van der Waals surface area contributed by atoms with Crippen LogP contribution in [0.1, 0.15) is 23.7 Å². The summed E-state index contributed by atoms with van der Waals surface area (Å²) in [6, 6.07) is 4.80. The van der Waals surface area contributed by atoms with Crippen LogP contribution in [0.3, 0.4) is 0 Å². The first-order valence-electron chi connectivity index (χ1n) is 6.41. The number of benzene rings is 1. The number of hydrogen-bond acceptors (Lipinski definition) is 4. The number of halogens is 1. The van der Waals surface area contributed by atoms with Crippen LogP contribution >= 0.6 is 23.4 Å². The van der Waals surface area contributed by atoms with E-state index in [9.17, 15) is 14.4 Å². The molecular weight excluding hydrogens is 312 g/mol. The van der Waals surface area contributed by atoms with Crippen molar-refractivity contribution in [1.82, 2.24) is 5.32 Å². The molecule has 0 saturated carbocycles. The Bertz CT molecular complexity index is 606. The summed E-state index contributed by atoms with van der Waals surface area (Å²) in [6.07, 6.45) is 0.296. The highest BCUT2D eigenvalue weighted by molar-refractivity contribution is 8.14. The summed E-state index contributed by atoms with van der Waals surface area (Å²) < 4.78 is 0. The molecule has 1 unspecified atom stereocenters. The van der Waals surface area contributed by atoms with Crippen molar-refractivity contribution >= 4 is 46.0 Å². The van der Waals surface area contributed by atoms with E-state index >= 15 is 0 Å². The van der Waals surface area contributed by atoms with Crippen molar-refractivity contribution in [2.24, 2.45) is 0 Å². The molecule has 1 heterocycles. The number of amides is 2. The van der Waals surface area contributed by atoms with E-state index in [4.69, 9.17) is 11.6 Å². The maximum absolute atomic E-state index is 12.1. The molecule has 1 N–H and O–H groups in total. The Morgan fingerprint density at radius 2 is 2.14 bits per heavy atom. The maximum atomic E-state index is 12.1. The van der Waals surface area contributed by atoms with Crippen molar-refractivity contribution in [2.45, 2.75) is 18.6 Å². The van der Waals surface area contributed by atoms with E-state index in [1.165, 1.54) is 18.9 Å². The topological polar surface area (TPSA) is 66.5 Å². The van der Waals surface area contributed by atoms with Crippen molar-refractivity contribution in [3.63, 3.8) is 0 Å². The van der Waals surface area contributed by atoms with Crippen LogP contribution in [0.15, 0.2) is 18.2 Å². The molecule has 5 nitrogen and oxygen atoms in total. The molecule has 0 radical (unpaired) electrons. The summed E-state index contributed by atoms with van der Waals surface area (Å²) in [4.78, 5) is 36.5. The average molecular weight is 327 g/mol. The lowest BCUT2D eigenvalue weighted by molar-refractivity contribution is -0.117. The van der Waals surface area contributed by atoms with Crippen molar-refractivity contribution in [3.8, 4) is 0 Å². The van der Waals surface area contributed by atoms with Gasteiger partial charge in [0.05, 0.1) is 10.7 Å². The van der Waals surface area contributed by atoms with Crippen LogP contribution < -0.4 is 10.2 Å². The highest BCUT2D eigenvalue weighted by Crippen LogP contribution is 2.33. The van der Waals surface area contributed by atoms with Gasteiger partial charge in [-0.15, -0.1) is 0 Å². The van der Waals surface area contributed by atoms with Gasteiger partial charge in [0.2, 0.25) is 5.91 Å². The molecule has 1 fully saturated rings. The number of thioether (sulfide) groups is 1. The fourth-order valence-corrected chi connectivity index (χ4v) is 3.36. The summed E-state index contributed by atoms with van der Waals surface area (Å²) in [5, 5.41) is 2.85. The SMILES string of the molecule is CNC(=O)c1ccc(Cl)c(N2CC(SC(C)=O)CC2=O)c1. The van der Waals surface area contributed by atoms with E-state index in [0.29, 0.717) is 29.2 Å². The zero-order valence-corrected chi connectivity index (χ0v) is 13.3. The van der Waals surface area contributed by atoms with Gasteiger partial charge in [-0.25, -0.2) is 0 Å². The van der Waals surface area contributed by atoms with Gasteiger partial charge in [0.1, 0.15) is 0 Å². The zero-order chi connectivity index (χ0) is 15.6. The lowest BCUT2D eigenvalue weighted by Gasteiger charge is -2.18. The molecular formula is C14H15ClN2O3S. The van der Waals surface area contributed by atoms with Crippen LogP contribution in [0.25, 0.3) is 0 Å². The molecule has 1 atom stereocenters. The number of rotatable bonds is 3. The molecule has 0 spiro atoms. The second-order valence-corrected chi connectivity index (χ2v) is 6.57. The van der Waals surface area contributed by atoms with Crippen LogP contribution in [0.5, 0.6) is 0 Å². The zero-order valence-electron chi connectivity index (χ0n) is 11.7. The molecule has 1 aliphatic rings. The molecule has 0 aromatic heterocycles. The quantitative estimate of drug-likeness (QED) is 0.923. The van der Waals surface area contributed by atoms with E-state index in [1.807, 2.05) is 0 Å². The monoisotopic (exact) mass is 326 g/mol. The van der Waals surface area contributed by atoms with Crippen molar-refractivity contribution in [2.75, 3.05) is 18.5 Å². The van der Waals surface area contributed by atoms with E-state index in [-0.39, 0.29) is 22.2 Å². The predicted molar refractivity (Wildman–Crippen MR) is 83.9 cm³/mol. The Hall–Kier alpha value is -1.53. The van der Waals surface area contributed by atoms with Gasteiger partial charge in [0.15, 0.2) is 5.12 Å². The van der Waals surface area contributed by atoms with E-state index < -0.39 is 0 Å². The Balaban J connectivity index is 2.27. The number of nitrogens with one attached hydrogen (secondary N) is 1. The summed E-state index contributed by atoms with van der Waals surface area (Å²) in [5.74, 6) is -0.334. The number of nitrogens with zero attached hydrogens (tertiary/aromatic N) is 1. The fraction of sp³-hybridized carbons (Fsp3) is 0.357. The van der Waals surface area contributed by atoms with Gasteiger partial charge in [-0.05, 0) is 18.2 Å². The fourth-order valence-electron chi connectivity index (χ4n) is 2.23. The normalized spacial score (nSPS) is 18.0. The Labute approximate surface area is 132 Å². The van der Waals surface area contributed by atoms with Crippen LogP contribution in [-0.4, -0.2) is 35.8 Å². The number of anilines is 1. The van der Waals surface area contributed by atoms with Crippen molar-refractivity contribution in [3.05, 3.63) is 28.8 Å². The van der Waals surface area contributed by atoms with Crippen LogP contribution in [0.2, 0.25) is 5.02 Å². The third-order valence-corrected chi connectivity index (χ3v) is 4.45. The third kappa shape index (κ3) is 3.57. The summed E-state index contributed by atoms with van der Waals surface area (Å²) in [5.41, 5.74) is 0.946. The Morgan fingerprint density at radius 3 is 2.76 bits per heavy atom. The molecule has 1 aromatic rings. The molecule has 2 amide bonds. The smallest absolute Gasteiger partial charge is 0.251 e. The number of hydrogen-bond donors (Lipinski definition) is 1. The minimum absolute atomic E-state index is 0.0140. The Kier molecular flexibility index (Phi) is 4.90. The highest BCUT2D eigenvalue weighted by Gasteiger charge is 2.33. The minimum atomic E-state index is -0.241. The van der Waals surface area contributed by atoms with Gasteiger partial charge in [-0.3, -0.25) is 14.4 Å². The lowest BCUT2D eigenvalue weighted by atomic mass is 10.1. The van der Waals surface area contributed by atoms with Gasteiger partial charge in [-0.1, -0.05) is 23.4 Å². The van der Waals surface area contributed by atoms with Gasteiger partial charge in [0, 0.05) is 37.8 Å². The third-order valence-electron chi connectivity index (χ3n) is 3.15. The standard InChI is InChI=1S/C14H15ClN2O3S/c1-8(18)21-10-6-13(19)17(7-10)12-5-9(14(20)16-2)3-4-11(12)15/h3-5,10H,6-7H2,1-2H3,(H,16,20). The van der Waals surface area contributed by atoms with Crippen molar-refractivity contribution in [1.29, 1.82) is 0 Å². The molecule has 1 saturated heterocycles. The maximum Gasteiger partial charge on any atom is 0.251 e. The second kappa shape index (κ2) is 6.49. The molecule has 0 aliphatic carbocycles. The average Bonchev–Trinajstić information content (AvgIpc) is 2.78. The first-order chi connectivity index (χ1) is 9.92. The van der Waals surface area contributed by atoms with Gasteiger partial charge in [0.25, 0.3) is 5.91 Å². The van der Waals surface area contributed by atoms with E-state index in [1.54, 1.807) is 18.2 Å². The lowest BCUT2D eigenvalue weighted by Crippen LogP contribution is -2.26. The van der Waals surface area contributed by atoms with Crippen LogP contribution in [0.4, 0.5) is 5.69 Å². The van der Waals surface area contributed by atoms with Crippen LogP contribution in [-0.2, 0) is 9.59 Å². The largest absolute Gasteiger partial charge is 0.355 e.